The normalized spacial score (nSPS) is 23.5. The molecule has 2 atom stereocenters. The molecule has 3 nitrogen and oxygen atoms in total. The SMILES string of the molecule is COCC1CCN(C(C)CCCNC(C)(C)C)C1. The van der Waals surface area contributed by atoms with Gasteiger partial charge in [0, 0.05) is 25.2 Å². The van der Waals surface area contributed by atoms with Gasteiger partial charge in [-0.05, 0) is 66.0 Å². The molecule has 1 aliphatic heterocycles. The fourth-order valence-electron chi connectivity index (χ4n) is 2.68. The third kappa shape index (κ3) is 6.17. The first kappa shape index (κ1) is 15.9. The van der Waals surface area contributed by atoms with Gasteiger partial charge >= 0.3 is 0 Å². The number of hydrogen-bond donors (Lipinski definition) is 1. The molecule has 1 aliphatic rings. The van der Waals surface area contributed by atoms with Crippen LogP contribution in [0.2, 0.25) is 0 Å². The Balaban J connectivity index is 2.12. The highest BCUT2D eigenvalue weighted by atomic mass is 16.5. The summed E-state index contributed by atoms with van der Waals surface area (Å²) in [5.74, 6) is 0.755. The summed E-state index contributed by atoms with van der Waals surface area (Å²) < 4.78 is 5.25. The zero-order chi connectivity index (χ0) is 13.6. The highest BCUT2D eigenvalue weighted by molar-refractivity contribution is 4.79. The molecule has 0 aromatic heterocycles. The van der Waals surface area contributed by atoms with Gasteiger partial charge in [0.2, 0.25) is 0 Å². The van der Waals surface area contributed by atoms with Crippen LogP contribution in [0.3, 0.4) is 0 Å². The van der Waals surface area contributed by atoms with Crippen LogP contribution in [-0.4, -0.2) is 49.8 Å². The number of nitrogens with one attached hydrogen (secondary N) is 1. The van der Waals surface area contributed by atoms with Gasteiger partial charge in [-0.15, -0.1) is 0 Å². The van der Waals surface area contributed by atoms with E-state index in [1.54, 1.807) is 0 Å². The van der Waals surface area contributed by atoms with Gasteiger partial charge in [-0.25, -0.2) is 0 Å². The molecule has 0 aromatic rings. The zero-order valence-corrected chi connectivity index (χ0v) is 13.0. The number of rotatable bonds is 7. The number of nitrogens with zero attached hydrogens (tertiary/aromatic N) is 1. The third-order valence-electron chi connectivity index (χ3n) is 3.80. The van der Waals surface area contributed by atoms with Crippen LogP contribution in [0.5, 0.6) is 0 Å². The van der Waals surface area contributed by atoms with Crippen LogP contribution in [-0.2, 0) is 4.74 Å². The summed E-state index contributed by atoms with van der Waals surface area (Å²) in [6.45, 7) is 13.6. The van der Waals surface area contributed by atoms with E-state index >= 15 is 0 Å². The zero-order valence-electron chi connectivity index (χ0n) is 13.0. The molecule has 0 amide bonds. The third-order valence-corrected chi connectivity index (χ3v) is 3.80. The van der Waals surface area contributed by atoms with Crippen molar-refractivity contribution in [2.24, 2.45) is 5.92 Å². The number of methoxy groups -OCH3 is 1. The Morgan fingerprint density at radius 2 is 2.11 bits per heavy atom. The van der Waals surface area contributed by atoms with Crippen molar-refractivity contribution in [2.75, 3.05) is 33.4 Å². The molecule has 1 saturated heterocycles. The van der Waals surface area contributed by atoms with Crippen LogP contribution in [0.15, 0.2) is 0 Å². The monoisotopic (exact) mass is 256 g/mol. The molecule has 18 heavy (non-hydrogen) atoms. The van der Waals surface area contributed by atoms with Crippen molar-refractivity contribution in [1.29, 1.82) is 0 Å². The molecule has 0 radical (unpaired) electrons. The molecule has 0 bridgehead atoms. The second-order valence-electron chi connectivity index (χ2n) is 6.77. The standard InChI is InChI=1S/C15H32N2O/c1-13(7-6-9-16-15(2,3)4)17-10-8-14(11-17)12-18-5/h13-14,16H,6-12H2,1-5H3. The highest BCUT2D eigenvalue weighted by Gasteiger charge is 2.25. The lowest BCUT2D eigenvalue weighted by atomic mass is 10.1. The van der Waals surface area contributed by atoms with Gasteiger partial charge in [-0.2, -0.15) is 0 Å². The van der Waals surface area contributed by atoms with E-state index in [-0.39, 0.29) is 5.54 Å². The smallest absolute Gasteiger partial charge is 0.0503 e. The summed E-state index contributed by atoms with van der Waals surface area (Å²) >= 11 is 0. The van der Waals surface area contributed by atoms with E-state index in [0.717, 1.165) is 19.1 Å². The van der Waals surface area contributed by atoms with E-state index in [1.165, 1.54) is 32.4 Å². The Hall–Kier alpha value is -0.120. The topological polar surface area (TPSA) is 24.5 Å². The first-order valence-electron chi connectivity index (χ1n) is 7.40. The van der Waals surface area contributed by atoms with Crippen LogP contribution < -0.4 is 5.32 Å². The fourth-order valence-corrected chi connectivity index (χ4v) is 2.68. The van der Waals surface area contributed by atoms with E-state index in [1.807, 2.05) is 7.11 Å². The summed E-state index contributed by atoms with van der Waals surface area (Å²) in [6, 6.07) is 0.716. The quantitative estimate of drug-likeness (QED) is 0.708. The Morgan fingerprint density at radius 3 is 2.72 bits per heavy atom. The van der Waals surface area contributed by atoms with Crippen molar-refractivity contribution in [1.82, 2.24) is 10.2 Å². The first-order valence-corrected chi connectivity index (χ1v) is 7.40. The summed E-state index contributed by atoms with van der Waals surface area (Å²) in [7, 11) is 1.81. The maximum absolute atomic E-state index is 5.25. The van der Waals surface area contributed by atoms with Crippen LogP contribution >= 0.6 is 0 Å². The predicted molar refractivity (Wildman–Crippen MR) is 78.0 cm³/mol. The largest absolute Gasteiger partial charge is 0.384 e. The molecule has 1 rings (SSSR count). The summed E-state index contributed by atoms with van der Waals surface area (Å²) in [5.41, 5.74) is 0.250. The van der Waals surface area contributed by atoms with Crippen molar-refractivity contribution in [2.45, 2.75) is 58.5 Å². The predicted octanol–water partition coefficient (Wildman–Crippen LogP) is 2.51. The molecule has 0 aliphatic carbocycles. The average Bonchev–Trinajstić information content (AvgIpc) is 2.72. The Morgan fingerprint density at radius 1 is 1.39 bits per heavy atom. The lowest BCUT2D eigenvalue weighted by Gasteiger charge is -2.25. The van der Waals surface area contributed by atoms with Gasteiger partial charge < -0.3 is 15.0 Å². The van der Waals surface area contributed by atoms with Gasteiger partial charge in [-0.3, -0.25) is 0 Å². The molecular weight excluding hydrogens is 224 g/mol. The molecule has 0 aromatic carbocycles. The van der Waals surface area contributed by atoms with Crippen molar-refractivity contribution < 1.29 is 4.74 Å². The summed E-state index contributed by atoms with van der Waals surface area (Å²) in [5, 5.41) is 3.56. The van der Waals surface area contributed by atoms with Crippen LogP contribution in [0.25, 0.3) is 0 Å². The fraction of sp³-hybridized carbons (Fsp3) is 1.00. The van der Waals surface area contributed by atoms with E-state index in [2.05, 4.69) is 37.9 Å². The maximum atomic E-state index is 5.25. The van der Waals surface area contributed by atoms with Gasteiger partial charge in [0.1, 0.15) is 0 Å². The van der Waals surface area contributed by atoms with Crippen molar-refractivity contribution in [3.63, 3.8) is 0 Å². The summed E-state index contributed by atoms with van der Waals surface area (Å²) in [6.07, 6.45) is 3.87. The Labute approximate surface area is 113 Å². The number of likely N-dealkylation sites (tertiary alicyclic amines) is 1. The molecular formula is C15H32N2O. The molecule has 108 valence electrons. The lowest BCUT2D eigenvalue weighted by molar-refractivity contribution is 0.147. The lowest BCUT2D eigenvalue weighted by Crippen LogP contribution is -2.37. The maximum Gasteiger partial charge on any atom is 0.0503 e. The Kier molecular flexibility index (Phi) is 6.61. The first-order chi connectivity index (χ1) is 8.42. The minimum Gasteiger partial charge on any atom is -0.384 e. The molecule has 0 spiro atoms. The van der Waals surface area contributed by atoms with Gasteiger partial charge in [0.15, 0.2) is 0 Å². The van der Waals surface area contributed by atoms with Gasteiger partial charge in [-0.1, -0.05) is 0 Å². The number of hydrogen-bond acceptors (Lipinski definition) is 3. The van der Waals surface area contributed by atoms with Crippen LogP contribution in [0, 0.1) is 5.92 Å². The minimum atomic E-state index is 0.250. The molecule has 1 heterocycles. The van der Waals surface area contributed by atoms with Gasteiger partial charge in [0.05, 0.1) is 6.61 Å². The second-order valence-corrected chi connectivity index (χ2v) is 6.77. The van der Waals surface area contributed by atoms with E-state index < -0.39 is 0 Å². The van der Waals surface area contributed by atoms with Crippen molar-refractivity contribution in [3.8, 4) is 0 Å². The minimum absolute atomic E-state index is 0.250. The Bertz CT molecular complexity index is 225. The average molecular weight is 256 g/mol. The second kappa shape index (κ2) is 7.46. The van der Waals surface area contributed by atoms with Crippen molar-refractivity contribution >= 4 is 0 Å². The summed E-state index contributed by atoms with van der Waals surface area (Å²) in [4.78, 5) is 2.63. The van der Waals surface area contributed by atoms with E-state index in [9.17, 15) is 0 Å². The number of ether oxygens (including phenoxy) is 1. The molecule has 0 saturated carbocycles. The molecule has 3 heteroatoms. The van der Waals surface area contributed by atoms with Crippen LogP contribution in [0.1, 0.15) is 47.0 Å². The van der Waals surface area contributed by atoms with E-state index in [4.69, 9.17) is 4.74 Å². The van der Waals surface area contributed by atoms with E-state index in [0.29, 0.717) is 6.04 Å². The van der Waals surface area contributed by atoms with Gasteiger partial charge in [0.25, 0.3) is 0 Å². The van der Waals surface area contributed by atoms with Crippen molar-refractivity contribution in [3.05, 3.63) is 0 Å². The molecule has 1 fully saturated rings. The highest BCUT2D eigenvalue weighted by Crippen LogP contribution is 2.20. The molecule has 1 N–H and O–H groups in total. The molecule has 2 unspecified atom stereocenters. The van der Waals surface area contributed by atoms with Crippen LogP contribution in [0.4, 0.5) is 0 Å².